The molecular weight excluding hydrogens is 270 g/mol. The Hall–Kier alpha value is -2.09. The first kappa shape index (κ1) is 14.8. The molecule has 2 heteroatoms. The van der Waals surface area contributed by atoms with Gasteiger partial charge in [-0.05, 0) is 25.0 Å². The zero-order valence-electron chi connectivity index (χ0n) is 13.5. The van der Waals surface area contributed by atoms with Crippen molar-refractivity contribution in [1.29, 1.82) is 0 Å². The molecule has 0 spiro atoms. The zero-order valence-corrected chi connectivity index (χ0v) is 13.5. The van der Waals surface area contributed by atoms with E-state index in [-0.39, 0.29) is 5.41 Å². The molecule has 1 fully saturated rings. The van der Waals surface area contributed by atoms with Crippen LogP contribution in [0.2, 0.25) is 0 Å². The minimum atomic E-state index is -0.158. The van der Waals surface area contributed by atoms with Crippen molar-refractivity contribution >= 4 is 5.90 Å². The Bertz CT molecular complexity index is 600. The largest absolute Gasteiger partial charge is 0.447 e. The van der Waals surface area contributed by atoms with Gasteiger partial charge in [-0.15, -0.1) is 0 Å². The molecule has 0 saturated carbocycles. The molecule has 1 saturated heterocycles. The lowest BCUT2D eigenvalue weighted by molar-refractivity contribution is -0.530. The lowest BCUT2D eigenvalue weighted by Gasteiger charge is -2.26. The Morgan fingerprint density at radius 2 is 1.36 bits per heavy atom. The van der Waals surface area contributed by atoms with E-state index in [1.165, 1.54) is 11.1 Å². The van der Waals surface area contributed by atoms with Gasteiger partial charge in [0.2, 0.25) is 0 Å². The maximum absolute atomic E-state index is 6.16. The Labute approximate surface area is 133 Å². The van der Waals surface area contributed by atoms with Crippen LogP contribution >= 0.6 is 0 Å². The fourth-order valence-electron chi connectivity index (χ4n) is 3.55. The van der Waals surface area contributed by atoms with E-state index in [0.717, 1.165) is 32.0 Å². The van der Waals surface area contributed by atoms with Crippen molar-refractivity contribution in [3.05, 3.63) is 71.8 Å². The summed E-state index contributed by atoms with van der Waals surface area (Å²) in [7, 11) is 0. The molecule has 22 heavy (non-hydrogen) atoms. The van der Waals surface area contributed by atoms with Crippen LogP contribution < -0.4 is 0 Å². The molecular formula is C20H24NO+. The summed E-state index contributed by atoms with van der Waals surface area (Å²) >= 11 is 0. The minimum Gasteiger partial charge on any atom is -0.447 e. The van der Waals surface area contributed by atoms with Crippen molar-refractivity contribution < 1.29 is 9.31 Å². The topological polar surface area (TPSA) is 12.2 Å². The quantitative estimate of drug-likeness (QED) is 0.780. The minimum absolute atomic E-state index is 0.158. The van der Waals surface area contributed by atoms with Gasteiger partial charge < -0.3 is 4.74 Å². The average molecular weight is 294 g/mol. The molecule has 1 aliphatic rings. The number of hydrogen-bond acceptors (Lipinski definition) is 1. The summed E-state index contributed by atoms with van der Waals surface area (Å²) in [6.07, 6.45) is 0.993. The van der Waals surface area contributed by atoms with Gasteiger partial charge in [0.25, 0.3) is 0 Å². The van der Waals surface area contributed by atoms with E-state index >= 15 is 0 Å². The molecule has 3 rings (SSSR count). The van der Waals surface area contributed by atoms with Crippen LogP contribution in [0.4, 0.5) is 0 Å². The number of rotatable bonds is 4. The van der Waals surface area contributed by atoms with Crippen molar-refractivity contribution in [3.8, 4) is 0 Å². The van der Waals surface area contributed by atoms with Crippen LogP contribution in [0.1, 0.15) is 31.4 Å². The van der Waals surface area contributed by atoms with E-state index in [9.17, 15) is 0 Å². The molecule has 0 atom stereocenters. The summed E-state index contributed by atoms with van der Waals surface area (Å²) in [5.74, 6) is 1.11. The third-order valence-electron chi connectivity index (χ3n) is 4.66. The summed E-state index contributed by atoms with van der Waals surface area (Å²) < 4.78 is 8.52. The normalized spacial score (nSPS) is 16.4. The summed E-state index contributed by atoms with van der Waals surface area (Å²) in [5.41, 5.74) is 2.48. The Morgan fingerprint density at radius 1 is 0.864 bits per heavy atom. The van der Waals surface area contributed by atoms with E-state index in [0.29, 0.717) is 0 Å². The van der Waals surface area contributed by atoms with Gasteiger partial charge in [-0.1, -0.05) is 60.7 Å². The maximum Gasteiger partial charge on any atom is 0.351 e. The highest BCUT2D eigenvalue weighted by Crippen LogP contribution is 2.41. The first-order chi connectivity index (χ1) is 10.8. The second-order valence-electron chi connectivity index (χ2n) is 5.71. The smallest absolute Gasteiger partial charge is 0.351 e. The van der Waals surface area contributed by atoms with E-state index in [1.807, 2.05) is 0 Å². The molecule has 114 valence electrons. The summed E-state index contributed by atoms with van der Waals surface area (Å²) in [5, 5.41) is 0. The van der Waals surface area contributed by atoms with Gasteiger partial charge in [-0.3, -0.25) is 0 Å². The highest BCUT2D eigenvalue weighted by molar-refractivity contribution is 5.90. The van der Waals surface area contributed by atoms with E-state index in [4.69, 9.17) is 4.74 Å². The SMILES string of the molecule is CC[N+](CC)=C1OCCC1(c1ccccc1)c1ccccc1. The van der Waals surface area contributed by atoms with Gasteiger partial charge in [-0.25, -0.2) is 4.58 Å². The van der Waals surface area contributed by atoms with Gasteiger partial charge in [0, 0.05) is 6.42 Å². The van der Waals surface area contributed by atoms with Crippen LogP contribution in [0.25, 0.3) is 0 Å². The second kappa shape index (κ2) is 6.35. The molecule has 0 amide bonds. The molecule has 2 aromatic rings. The van der Waals surface area contributed by atoms with Crippen LogP contribution in [0.5, 0.6) is 0 Å². The van der Waals surface area contributed by atoms with Crippen molar-refractivity contribution in [1.82, 2.24) is 0 Å². The molecule has 1 aliphatic heterocycles. The van der Waals surface area contributed by atoms with Crippen molar-refractivity contribution in [3.63, 3.8) is 0 Å². The predicted molar refractivity (Wildman–Crippen MR) is 90.6 cm³/mol. The number of hydrogen-bond donors (Lipinski definition) is 0. The Morgan fingerprint density at radius 3 is 1.82 bits per heavy atom. The van der Waals surface area contributed by atoms with Crippen LogP contribution in [-0.4, -0.2) is 30.2 Å². The third-order valence-corrected chi connectivity index (χ3v) is 4.66. The number of nitrogens with zero attached hydrogens (tertiary/aromatic N) is 1. The van der Waals surface area contributed by atoms with Crippen molar-refractivity contribution in [2.75, 3.05) is 19.7 Å². The fraction of sp³-hybridized carbons (Fsp3) is 0.350. The summed E-state index contributed by atoms with van der Waals surface area (Å²) in [4.78, 5) is 0. The number of benzene rings is 2. The van der Waals surface area contributed by atoms with Gasteiger partial charge in [0.15, 0.2) is 0 Å². The maximum atomic E-state index is 6.16. The molecule has 2 nitrogen and oxygen atoms in total. The van der Waals surface area contributed by atoms with E-state index in [2.05, 4.69) is 79.1 Å². The summed E-state index contributed by atoms with van der Waals surface area (Å²) in [6.45, 7) is 7.09. The monoisotopic (exact) mass is 294 g/mol. The van der Waals surface area contributed by atoms with E-state index < -0.39 is 0 Å². The molecule has 0 unspecified atom stereocenters. The van der Waals surface area contributed by atoms with Crippen LogP contribution in [0, 0.1) is 0 Å². The molecule has 1 heterocycles. The first-order valence-corrected chi connectivity index (χ1v) is 8.19. The molecule has 0 bridgehead atoms. The average Bonchev–Trinajstić information content (AvgIpc) is 3.03. The van der Waals surface area contributed by atoms with Crippen LogP contribution in [-0.2, 0) is 10.2 Å². The molecule has 0 aromatic heterocycles. The highest BCUT2D eigenvalue weighted by Gasteiger charge is 2.51. The van der Waals surface area contributed by atoms with Crippen molar-refractivity contribution in [2.45, 2.75) is 25.7 Å². The van der Waals surface area contributed by atoms with E-state index in [1.54, 1.807) is 0 Å². The Balaban J connectivity index is 2.27. The highest BCUT2D eigenvalue weighted by atomic mass is 16.5. The van der Waals surface area contributed by atoms with Gasteiger partial charge >= 0.3 is 5.90 Å². The first-order valence-electron chi connectivity index (χ1n) is 8.19. The van der Waals surface area contributed by atoms with Crippen LogP contribution in [0.15, 0.2) is 60.7 Å². The molecule has 2 aromatic carbocycles. The third kappa shape index (κ3) is 2.33. The lowest BCUT2D eigenvalue weighted by Crippen LogP contribution is -2.39. The molecule has 0 aliphatic carbocycles. The zero-order chi connectivity index (χ0) is 15.4. The summed E-state index contributed by atoms with van der Waals surface area (Å²) in [6, 6.07) is 21.6. The van der Waals surface area contributed by atoms with Gasteiger partial charge in [-0.2, -0.15) is 0 Å². The Kier molecular flexibility index (Phi) is 4.28. The van der Waals surface area contributed by atoms with Crippen LogP contribution in [0.3, 0.4) is 0 Å². The van der Waals surface area contributed by atoms with Gasteiger partial charge in [0.05, 0.1) is 6.61 Å². The number of ether oxygens (including phenoxy) is 1. The van der Waals surface area contributed by atoms with Crippen molar-refractivity contribution in [2.24, 2.45) is 0 Å². The predicted octanol–water partition coefficient (Wildman–Crippen LogP) is 3.84. The second-order valence-corrected chi connectivity index (χ2v) is 5.71. The van der Waals surface area contributed by atoms with Gasteiger partial charge in [0.1, 0.15) is 18.5 Å². The standard InChI is InChI=1S/C20H24NO/c1-3-21(4-2)19-20(15-16-22-19,17-11-7-5-8-12-17)18-13-9-6-10-14-18/h5-14H,3-4,15-16H2,1-2H3/q+1. The molecule has 0 N–H and O–H groups in total. The fourth-order valence-corrected chi connectivity index (χ4v) is 3.55. The lowest BCUT2D eigenvalue weighted by atomic mass is 9.73. The molecule has 0 radical (unpaired) electrons.